The van der Waals surface area contributed by atoms with Gasteiger partial charge in [-0.2, -0.15) is 0 Å². The Labute approximate surface area is 98.8 Å². The van der Waals surface area contributed by atoms with E-state index in [1.807, 2.05) is 0 Å². The highest BCUT2D eigenvalue weighted by Gasteiger charge is 2.40. The van der Waals surface area contributed by atoms with E-state index in [1.54, 1.807) is 19.2 Å². The van der Waals surface area contributed by atoms with Crippen molar-refractivity contribution in [3.8, 4) is 5.75 Å². The van der Waals surface area contributed by atoms with Crippen LogP contribution in [0.15, 0.2) is 12.1 Å². The molecule has 82 valence electrons. The molecular weight excluding hydrogens is 235 g/mol. The molecule has 0 spiro atoms. The molecule has 1 N–H and O–H groups in total. The predicted octanol–water partition coefficient (Wildman–Crippen LogP) is 3.07. The Balaban J connectivity index is 2.28. The molecule has 0 radical (unpaired) electrons. The molecule has 0 aliphatic heterocycles. The monoisotopic (exact) mass is 246 g/mol. The first-order valence-corrected chi connectivity index (χ1v) is 5.54. The molecule has 0 aromatic heterocycles. The van der Waals surface area contributed by atoms with E-state index < -0.39 is 5.60 Å². The largest absolute Gasteiger partial charge is 0.495 e. The molecule has 0 bridgehead atoms. The molecule has 0 amide bonds. The lowest BCUT2D eigenvalue weighted by Gasteiger charge is -2.11. The maximum atomic E-state index is 9.79. The fraction of sp³-hybridized carbons (Fsp3) is 0.455. The minimum atomic E-state index is -0.554. The second-order valence-corrected chi connectivity index (χ2v) is 4.79. The van der Waals surface area contributed by atoms with Crippen LogP contribution in [0.25, 0.3) is 0 Å². The number of rotatable bonds is 3. The fourth-order valence-electron chi connectivity index (χ4n) is 1.54. The highest BCUT2D eigenvalue weighted by molar-refractivity contribution is 6.34. The summed E-state index contributed by atoms with van der Waals surface area (Å²) in [6, 6.07) is 3.45. The van der Waals surface area contributed by atoms with Crippen molar-refractivity contribution in [2.45, 2.75) is 24.9 Å². The smallest absolute Gasteiger partial charge is 0.138 e. The molecule has 2 rings (SSSR count). The number of halogens is 2. The molecule has 0 atom stereocenters. The average Bonchev–Trinajstić information content (AvgIpc) is 2.89. The van der Waals surface area contributed by atoms with Crippen molar-refractivity contribution in [2.24, 2.45) is 0 Å². The van der Waals surface area contributed by atoms with Crippen molar-refractivity contribution >= 4 is 23.2 Å². The molecule has 1 saturated carbocycles. The van der Waals surface area contributed by atoms with Crippen LogP contribution >= 0.6 is 23.2 Å². The number of hydrogen-bond acceptors (Lipinski definition) is 2. The standard InChI is InChI=1S/C11H12Cl2O2/c1-15-10-5-8(12)7(4-9(10)13)6-11(14)2-3-11/h4-5,14H,2-3,6H2,1H3. The molecule has 0 unspecified atom stereocenters. The summed E-state index contributed by atoms with van der Waals surface area (Å²) in [6.07, 6.45) is 2.25. The summed E-state index contributed by atoms with van der Waals surface area (Å²) in [5.41, 5.74) is 0.323. The van der Waals surface area contributed by atoms with Crippen LogP contribution in [-0.4, -0.2) is 17.8 Å². The molecule has 1 fully saturated rings. The van der Waals surface area contributed by atoms with Crippen molar-refractivity contribution in [1.82, 2.24) is 0 Å². The molecule has 1 aliphatic rings. The number of hydrogen-bond donors (Lipinski definition) is 1. The molecule has 2 nitrogen and oxygen atoms in total. The van der Waals surface area contributed by atoms with Crippen LogP contribution in [0, 0.1) is 0 Å². The van der Waals surface area contributed by atoms with Crippen molar-refractivity contribution in [2.75, 3.05) is 7.11 Å². The van der Waals surface area contributed by atoms with Crippen LogP contribution in [0.3, 0.4) is 0 Å². The number of benzene rings is 1. The Morgan fingerprint density at radius 3 is 2.53 bits per heavy atom. The Kier molecular flexibility index (Phi) is 2.84. The Morgan fingerprint density at radius 1 is 1.33 bits per heavy atom. The van der Waals surface area contributed by atoms with Gasteiger partial charge in [0.2, 0.25) is 0 Å². The molecular formula is C11H12Cl2O2. The van der Waals surface area contributed by atoms with E-state index in [1.165, 1.54) is 0 Å². The van der Waals surface area contributed by atoms with Crippen molar-refractivity contribution in [3.05, 3.63) is 27.7 Å². The van der Waals surface area contributed by atoms with Crippen LogP contribution in [-0.2, 0) is 6.42 Å². The highest BCUT2D eigenvalue weighted by Crippen LogP contribution is 2.41. The van der Waals surface area contributed by atoms with E-state index in [4.69, 9.17) is 27.9 Å². The zero-order chi connectivity index (χ0) is 11.1. The molecule has 15 heavy (non-hydrogen) atoms. The van der Waals surface area contributed by atoms with Gasteiger partial charge in [0, 0.05) is 17.5 Å². The van der Waals surface area contributed by atoms with Crippen LogP contribution in [0.5, 0.6) is 5.75 Å². The highest BCUT2D eigenvalue weighted by atomic mass is 35.5. The summed E-state index contributed by atoms with van der Waals surface area (Å²) in [5, 5.41) is 10.9. The lowest BCUT2D eigenvalue weighted by atomic mass is 10.1. The second-order valence-electron chi connectivity index (χ2n) is 3.98. The SMILES string of the molecule is COc1cc(Cl)c(CC2(O)CC2)cc1Cl. The van der Waals surface area contributed by atoms with Crippen molar-refractivity contribution < 1.29 is 9.84 Å². The van der Waals surface area contributed by atoms with Gasteiger partial charge in [-0.25, -0.2) is 0 Å². The van der Waals surface area contributed by atoms with Gasteiger partial charge in [-0.05, 0) is 24.5 Å². The fourth-order valence-corrected chi connectivity index (χ4v) is 2.02. The molecule has 1 aromatic carbocycles. The molecule has 1 aromatic rings. The van der Waals surface area contributed by atoms with Gasteiger partial charge >= 0.3 is 0 Å². The first-order chi connectivity index (χ1) is 7.04. The van der Waals surface area contributed by atoms with Gasteiger partial charge in [0.25, 0.3) is 0 Å². The van der Waals surface area contributed by atoms with Crippen LogP contribution in [0.4, 0.5) is 0 Å². The first-order valence-electron chi connectivity index (χ1n) is 4.78. The average molecular weight is 247 g/mol. The van der Waals surface area contributed by atoms with Crippen LogP contribution in [0.2, 0.25) is 10.0 Å². The van der Waals surface area contributed by atoms with E-state index in [0.29, 0.717) is 22.2 Å². The molecule has 4 heteroatoms. The lowest BCUT2D eigenvalue weighted by molar-refractivity contribution is 0.151. The Bertz CT molecular complexity index is 386. The van der Waals surface area contributed by atoms with Crippen LogP contribution in [0.1, 0.15) is 18.4 Å². The number of methoxy groups -OCH3 is 1. The first kappa shape index (κ1) is 11.1. The zero-order valence-electron chi connectivity index (χ0n) is 8.39. The number of ether oxygens (including phenoxy) is 1. The maximum Gasteiger partial charge on any atom is 0.138 e. The van der Waals surface area contributed by atoms with Gasteiger partial charge < -0.3 is 9.84 Å². The van der Waals surface area contributed by atoms with Gasteiger partial charge in [-0.15, -0.1) is 0 Å². The minimum Gasteiger partial charge on any atom is -0.495 e. The van der Waals surface area contributed by atoms with E-state index in [9.17, 15) is 5.11 Å². The summed E-state index contributed by atoms with van der Waals surface area (Å²) in [5.74, 6) is 0.563. The Morgan fingerprint density at radius 2 is 2.00 bits per heavy atom. The summed E-state index contributed by atoms with van der Waals surface area (Å²) < 4.78 is 5.05. The Hall–Kier alpha value is -0.440. The van der Waals surface area contributed by atoms with Crippen LogP contribution < -0.4 is 4.74 Å². The van der Waals surface area contributed by atoms with Gasteiger partial charge in [0.15, 0.2) is 0 Å². The maximum absolute atomic E-state index is 9.79. The van der Waals surface area contributed by atoms with E-state index in [0.717, 1.165) is 18.4 Å². The zero-order valence-corrected chi connectivity index (χ0v) is 9.90. The van der Waals surface area contributed by atoms with Crippen molar-refractivity contribution in [3.63, 3.8) is 0 Å². The molecule has 0 saturated heterocycles. The molecule has 1 aliphatic carbocycles. The second kappa shape index (κ2) is 3.85. The normalized spacial score (nSPS) is 17.6. The third-order valence-corrected chi connectivity index (χ3v) is 3.31. The van der Waals surface area contributed by atoms with Gasteiger partial charge in [0.1, 0.15) is 5.75 Å². The van der Waals surface area contributed by atoms with Crippen molar-refractivity contribution in [1.29, 1.82) is 0 Å². The summed E-state index contributed by atoms with van der Waals surface area (Å²) >= 11 is 12.0. The minimum absolute atomic E-state index is 0.529. The van der Waals surface area contributed by atoms with Gasteiger partial charge in [-0.3, -0.25) is 0 Å². The van der Waals surface area contributed by atoms with E-state index in [-0.39, 0.29) is 0 Å². The summed E-state index contributed by atoms with van der Waals surface area (Å²) in [6.45, 7) is 0. The van der Waals surface area contributed by atoms with E-state index in [2.05, 4.69) is 0 Å². The molecule has 0 heterocycles. The third-order valence-electron chi connectivity index (χ3n) is 2.67. The summed E-state index contributed by atoms with van der Waals surface area (Å²) in [4.78, 5) is 0. The summed E-state index contributed by atoms with van der Waals surface area (Å²) in [7, 11) is 1.55. The quantitative estimate of drug-likeness (QED) is 0.889. The van der Waals surface area contributed by atoms with E-state index >= 15 is 0 Å². The number of aliphatic hydroxyl groups is 1. The van der Waals surface area contributed by atoms with Gasteiger partial charge in [0.05, 0.1) is 17.7 Å². The predicted molar refractivity (Wildman–Crippen MR) is 60.9 cm³/mol. The lowest BCUT2D eigenvalue weighted by Crippen LogP contribution is -2.11. The van der Waals surface area contributed by atoms with Gasteiger partial charge in [-0.1, -0.05) is 23.2 Å². The topological polar surface area (TPSA) is 29.5 Å². The third kappa shape index (κ3) is 2.39.